The molecule has 0 saturated carbocycles. The van der Waals surface area contributed by atoms with Crippen LogP contribution in [0.3, 0.4) is 0 Å². The van der Waals surface area contributed by atoms with Gasteiger partial charge in [0.2, 0.25) is 0 Å². The van der Waals surface area contributed by atoms with Gasteiger partial charge in [0.15, 0.2) is 5.96 Å². The van der Waals surface area contributed by atoms with E-state index in [1.807, 2.05) is 30.3 Å². The lowest BCUT2D eigenvalue weighted by atomic mass is 10.2. The lowest BCUT2D eigenvalue weighted by Crippen LogP contribution is -2.40. The number of fused-ring (bicyclic) bond motifs is 1. The quantitative estimate of drug-likeness (QED) is 0.217. The van der Waals surface area contributed by atoms with E-state index in [2.05, 4.69) is 20.4 Å². The van der Waals surface area contributed by atoms with Crippen LogP contribution in [0.25, 0.3) is 10.1 Å². The van der Waals surface area contributed by atoms with Crippen molar-refractivity contribution in [1.82, 2.24) is 10.6 Å². The van der Waals surface area contributed by atoms with E-state index in [0.29, 0.717) is 18.9 Å². The number of guanidine groups is 1. The molecule has 0 aliphatic carbocycles. The van der Waals surface area contributed by atoms with Crippen LogP contribution in [0.2, 0.25) is 0 Å². The van der Waals surface area contributed by atoms with Crippen LogP contribution in [0.4, 0.5) is 13.2 Å². The second-order valence-electron chi connectivity index (χ2n) is 5.60. The second-order valence-corrected chi connectivity index (χ2v) is 6.72. The molecule has 3 N–H and O–H groups in total. The summed E-state index contributed by atoms with van der Waals surface area (Å²) in [5, 5.41) is 17.4. The van der Waals surface area contributed by atoms with Crippen molar-refractivity contribution in [3.8, 4) is 0 Å². The Morgan fingerprint density at radius 2 is 2.04 bits per heavy atom. The highest BCUT2D eigenvalue weighted by Gasteiger charge is 2.27. The molecular formula is C17H23F3IN3O2S. The van der Waals surface area contributed by atoms with E-state index < -0.39 is 18.9 Å². The Bertz CT molecular complexity index is 692. The Morgan fingerprint density at radius 1 is 1.30 bits per heavy atom. The SMILES string of the molecule is CN=C(NCCCOCC(F)(F)F)NCC(O)c1cc2ccccc2s1.I. The molecule has 0 radical (unpaired) electrons. The van der Waals surface area contributed by atoms with Gasteiger partial charge in [0.1, 0.15) is 12.7 Å². The monoisotopic (exact) mass is 517 g/mol. The van der Waals surface area contributed by atoms with Crippen LogP contribution in [0.1, 0.15) is 17.4 Å². The van der Waals surface area contributed by atoms with Crippen LogP contribution in [0.15, 0.2) is 35.3 Å². The molecule has 0 aliphatic rings. The van der Waals surface area contributed by atoms with Crippen molar-refractivity contribution in [1.29, 1.82) is 0 Å². The third-order valence-corrected chi connectivity index (χ3v) is 4.70. The highest BCUT2D eigenvalue weighted by atomic mass is 127. The zero-order valence-corrected chi connectivity index (χ0v) is 17.9. The third kappa shape index (κ3) is 8.62. The van der Waals surface area contributed by atoms with E-state index in [-0.39, 0.29) is 37.1 Å². The smallest absolute Gasteiger partial charge is 0.386 e. The Balaban J connectivity index is 0.00000364. The number of aliphatic imine (C=N–C) groups is 1. The van der Waals surface area contributed by atoms with Crippen molar-refractivity contribution in [3.63, 3.8) is 0 Å². The minimum absolute atomic E-state index is 0. The molecule has 5 nitrogen and oxygen atoms in total. The highest BCUT2D eigenvalue weighted by Crippen LogP contribution is 2.29. The van der Waals surface area contributed by atoms with Crippen molar-refractivity contribution >= 4 is 51.4 Å². The summed E-state index contributed by atoms with van der Waals surface area (Å²) in [5.41, 5.74) is 0. The number of thiophene rings is 1. The van der Waals surface area contributed by atoms with Crippen molar-refractivity contribution < 1.29 is 23.0 Å². The molecule has 1 unspecified atom stereocenters. The number of rotatable bonds is 8. The fraction of sp³-hybridized carbons (Fsp3) is 0.471. The number of halogens is 4. The number of aliphatic hydroxyl groups excluding tert-OH is 1. The maximum atomic E-state index is 11.9. The van der Waals surface area contributed by atoms with Crippen molar-refractivity contribution in [2.75, 3.05) is 33.4 Å². The van der Waals surface area contributed by atoms with E-state index in [0.717, 1.165) is 15.0 Å². The lowest BCUT2D eigenvalue weighted by molar-refractivity contribution is -0.173. The average Bonchev–Trinajstić information content (AvgIpc) is 3.03. The van der Waals surface area contributed by atoms with E-state index in [1.165, 1.54) is 11.3 Å². The average molecular weight is 517 g/mol. The van der Waals surface area contributed by atoms with Gasteiger partial charge in [0.25, 0.3) is 0 Å². The Labute approximate surface area is 177 Å². The summed E-state index contributed by atoms with van der Waals surface area (Å²) >= 11 is 1.53. The summed E-state index contributed by atoms with van der Waals surface area (Å²) in [4.78, 5) is 4.88. The number of aliphatic hydroxyl groups is 1. The van der Waals surface area contributed by atoms with Crippen molar-refractivity contribution in [2.45, 2.75) is 18.7 Å². The highest BCUT2D eigenvalue weighted by molar-refractivity contribution is 14.0. The molecule has 2 aromatic rings. The minimum atomic E-state index is -4.30. The topological polar surface area (TPSA) is 65.9 Å². The molecule has 1 heterocycles. The van der Waals surface area contributed by atoms with Crippen LogP contribution in [-0.4, -0.2) is 50.6 Å². The number of nitrogens with one attached hydrogen (secondary N) is 2. The van der Waals surface area contributed by atoms with Gasteiger partial charge in [-0.2, -0.15) is 13.2 Å². The molecule has 0 bridgehead atoms. The standard InChI is InChI=1S/C17H22F3N3O2S.HI/c1-21-16(22-7-4-8-25-11-17(18,19)20)23-10-13(24)15-9-12-5-2-3-6-14(12)26-15;/h2-3,5-6,9,13,24H,4,7-8,10-11H2,1H3,(H2,21,22,23);1H. The number of alkyl halides is 3. The van der Waals surface area contributed by atoms with Gasteiger partial charge in [-0.1, -0.05) is 18.2 Å². The molecule has 1 aromatic heterocycles. The molecule has 152 valence electrons. The number of nitrogens with zero attached hydrogens (tertiary/aromatic N) is 1. The number of ether oxygens (including phenoxy) is 1. The molecule has 0 aliphatic heterocycles. The first kappa shape index (κ1) is 23.9. The Kier molecular flexibility index (Phi) is 10.3. The van der Waals surface area contributed by atoms with Gasteiger partial charge in [-0.15, -0.1) is 35.3 Å². The van der Waals surface area contributed by atoms with Crippen LogP contribution in [0.5, 0.6) is 0 Å². The van der Waals surface area contributed by atoms with E-state index >= 15 is 0 Å². The Hall–Kier alpha value is -1.11. The molecule has 0 spiro atoms. The number of benzene rings is 1. The van der Waals surface area contributed by atoms with Gasteiger partial charge in [0, 0.05) is 36.3 Å². The second kappa shape index (κ2) is 11.7. The molecule has 0 saturated heterocycles. The summed E-state index contributed by atoms with van der Waals surface area (Å²) < 4.78 is 41.5. The van der Waals surface area contributed by atoms with Gasteiger partial charge in [-0.05, 0) is 23.9 Å². The minimum Gasteiger partial charge on any atom is -0.386 e. The van der Waals surface area contributed by atoms with E-state index in [9.17, 15) is 18.3 Å². The predicted octanol–water partition coefficient (Wildman–Crippen LogP) is 3.69. The van der Waals surface area contributed by atoms with Crippen molar-refractivity contribution in [3.05, 3.63) is 35.2 Å². The molecule has 1 aromatic carbocycles. The van der Waals surface area contributed by atoms with Crippen LogP contribution in [0, 0.1) is 0 Å². The first-order valence-corrected chi connectivity index (χ1v) is 8.96. The zero-order chi connectivity index (χ0) is 19.0. The normalized spacial score (nSPS) is 13.3. The molecular weight excluding hydrogens is 494 g/mol. The lowest BCUT2D eigenvalue weighted by Gasteiger charge is -2.14. The summed E-state index contributed by atoms with van der Waals surface area (Å²) in [6, 6.07) is 9.87. The molecule has 2 rings (SSSR count). The molecule has 10 heteroatoms. The first-order chi connectivity index (χ1) is 12.4. The fourth-order valence-electron chi connectivity index (χ4n) is 2.25. The number of hydrogen-bond donors (Lipinski definition) is 3. The maximum Gasteiger partial charge on any atom is 0.411 e. The third-order valence-electron chi connectivity index (χ3n) is 3.48. The van der Waals surface area contributed by atoms with Gasteiger partial charge in [0.05, 0.1) is 0 Å². The Morgan fingerprint density at radius 3 is 2.70 bits per heavy atom. The van der Waals surface area contributed by atoms with E-state index in [4.69, 9.17) is 0 Å². The fourth-order valence-corrected chi connectivity index (χ4v) is 3.30. The van der Waals surface area contributed by atoms with Gasteiger partial charge in [-0.25, -0.2) is 0 Å². The van der Waals surface area contributed by atoms with E-state index in [1.54, 1.807) is 7.05 Å². The van der Waals surface area contributed by atoms with Crippen LogP contribution in [-0.2, 0) is 4.74 Å². The van der Waals surface area contributed by atoms with Gasteiger partial charge < -0.3 is 20.5 Å². The summed E-state index contributed by atoms with van der Waals surface area (Å²) in [6.07, 6.45) is -4.57. The summed E-state index contributed by atoms with van der Waals surface area (Å²) in [5.74, 6) is 0.473. The van der Waals surface area contributed by atoms with Gasteiger partial charge in [-0.3, -0.25) is 4.99 Å². The van der Waals surface area contributed by atoms with Gasteiger partial charge >= 0.3 is 6.18 Å². The van der Waals surface area contributed by atoms with Crippen LogP contribution < -0.4 is 10.6 Å². The first-order valence-electron chi connectivity index (χ1n) is 8.14. The van der Waals surface area contributed by atoms with Crippen molar-refractivity contribution in [2.24, 2.45) is 4.99 Å². The molecule has 0 fully saturated rings. The maximum absolute atomic E-state index is 11.9. The predicted molar refractivity (Wildman–Crippen MR) is 113 cm³/mol. The number of hydrogen-bond acceptors (Lipinski definition) is 4. The summed E-state index contributed by atoms with van der Waals surface area (Å²) in [6.45, 7) is -0.539. The molecule has 1 atom stereocenters. The zero-order valence-electron chi connectivity index (χ0n) is 14.8. The molecule has 27 heavy (non-hydrogen) atoms. The van der Waals surface area contributed by atoms with Crippen LogP contribution >= 0.6 is 35.3 Å². The molecule has 0 amide bonds. The summed E-state index contributed by atoms with van der Waals surface area (Å²) in [7, 11) is 1.58. The largest absolute Gasteiger partial charge is 0.411 e.